The molecule has 0 saturated carbocycles. The maximum atomic E-state index is 14.1. The minimum atomic E-state index is -0.348. The van der Waals surface area contributed by atoms with Crippen molar-refractivity contribution in [3.8, 4) is 6.07 Å². The van der Waals surface area contributed by atoms with Crippen LogP contribution in [0.1, 0.15) is 11.3 Å². The Labute approximate surface area is 128 Å². The predicted octanol–water partition coefficient (Wildman–Crippen LogP) is 2.12. The lowest BCUT2D eigenvalue weighted by Gasteiger charge is -2.36. The highest BCUT2D eigenvalue weighted by molar-refractivity contribution is 5.61. The molecule has 1 aliphatic heterocycles. The summed E-state index contributed by atoms with van der Waals surface area (Å²) in [7, 11) is 0. The van der Waals surface area contributed by atoms with E-state index in [9.17, 15) is 4.39 Å². The minimum absolute atomic E-state index is 0.348. The van der Waals surface area contributed by atoms with E-state index in [0.717, 1.165) is 5.69 Å². The second kappa shape index (κ2) is 5.98. The summed E-state index contributed by atoms with van der Waals surface area (Å²) in [4.78, 5) is 12.7. The number of aromatic nitrogens is 2. The Kier molecular flexibility index (Phi) is 3.88. The van der Waals surface area contributed by atoms with Gasteiger partial charge < -0.3 is 9.80 Å². The number of para-hydroxylation sites is 1. The highest BCUT2D eigenvalue weighted by atomic mass is 19.1. The number of nitrogens with zero attached hydrogens (tertiary/aromatic N) is 5. The molecule has 0 bridgehead atoms. The van der Waals surface area contributed by atoms with E-state index in [4.69, 9.17) is 5.26 Å². The van der Waals surface area contributed by atoms with Gasteiger partial charge in [-0.1, -0.05) is 6.07 Å². The van der Waals surface area contributed by atoms with Crippen molar-refractivity contribution in [3.63, 3.8) is 0 Å². The molecule has 0 atom stereocenters. The van der Waals surface area contributed by atoms with Crippen molar-refractivity contribution in [2.75, 3.05) is 36.0 Å². The number of anilines is 2. The highest BCUT2D eigenvalue weighted by Crippen LogP contribution is 2.25. The maximum Gasteiger partial charge on any atom is 0.225 e. The van der Waals surface area contributed by atoms with Crippen molar-refractivity contribution < 1.29 is 4.39 Å². The standard InChI is InChI=1S/C16H16FN5/c1-12-5-6-19-16(20-12)22-9-7-21(8-10-22)15-13(11-18)3-2-4-14(15)17/h2-6H,7-10H2,1H3. The first-order valence-electron chi connectivity index (χ1n) is 7.17. The van der Waals surface area contributed by atoms with Crippen LogP contribution in [0.15, 0.2) is 30.5 Å². The molecular formula is C16H16FN5. The van der Waals surface area contributed by atoms with Gasteiger partial charge >= 0.3 is 0 Å². The van der Waals surface area contributed by atoms with Gasteiger partial charge in [-0.05, 0) is 25.1 Å². The third-order valence-corrected chi connectivity index (χ3v) is 3.77. The first-order chi connectivity index (χ1) is 10.7. The minimum Gasteiger partial charge on any atom is -0.365 e. The molecule has 0 radical (unpaired) electrons. The van der Waals surface area contributed by atoms with Gasteiger partial charge in [0, 0.05) is 38.1 Å². The predicted molar refractivity (Wildman–Crippen MR) is 82.3 cm³/mol. The van der Waals surface area contributed by atoms with E-state index in [1.54, 1.807) is 18.3 Å². The van der Waals surface area contributed by atoms with Crippen molar-refractivity contribution in [3.05, 3.63) is 47.5 Å². The molecule has 3 rings (SSSR count). The number of benzene rings is 1. The topological polar surface area (TPSA) is 56.1 Å². The molecule has 0 amide bonds. The molecule has 1 aromatic heterocycles. The zero-order chi connectivity index (χ0) is 15.5. The molecule has 1 aromatic carbocycles. The van der Waals surface area contributed by atoms with Crippen molar-refractivity contribution in [2.24, 2.45) is 0 Å². The number of halogens is 1. The molecule has 6 heteroatoms. The maximum absolute atomic E-state index is 14.1. The van der Waals surface area contributed by atoms with Crippen LogP contribution in [0.3, 0.4) is 0 Å². The Morgan fingerprint density at radius 2 is 1.86 bits per heavy atom. The van der Waals surface area contributed by atoms with Crippen LogP contribution < -0.4 is 9.80 Å². The first-order valence-corrected chi connectivity index (χ1v) is 7.17. The molecular weight excluding hydrogens is 281 g/mol. The van der Waals surface area contributed by atoms with Crippen LogP contribution in [0, 0.1) is 24.1 Å². The molecule has 112 valence electrons. The Hall–Kier alpha value is -2.68. The summed E-state index contributed by atoms with van der Waals surface area (Å²) in [5, 5.41) is 9.16. The summed E-state index contributed by atoms with van der Waals surface area (Å²) in [6, 6.07) is 8.53. The van der Waals surface area contributed by atoms with Crippen LogP contribution in [-0.4, -0.2) is 36.1 Å². The van der Waals surface area contributed by atoms with Crippen LogP contribution >= 0.6 is 0 Å². The summed E-state index contributed by atoms with van der Waals surface area (Å²) < 4.78 is 14.1. The molecule has 0 unspecified atom stereocenters. The van der Waals surface area contributed by atoms with Crippen molar-refractivity contribution in [1.29, 1.82) is 5.26 Å². The van der Waals surface area contributed by atoms with Gasteiger partial charge in [-0.15, -0.1) is 0 Å². The molecule has 1 saturated heterocycles. The van der Waals surface area contributed by atoms with Gasteiger partial charge in [-0.25, -0.2) is 14.4 Å². The summed E-state index contributed by atoms with van der Waals surface area (Å²) in [5.74, 6) is 0.355. The molecule has 2 aromatic rings. The van der Waals surface area contributed by atoms with Gasteiger partial charge in [0.1, 0.15) is 11.9 Å². The largest absolute Gasteiger partial charge is 0.365 e. The summed E-state index contributed by atoms with van der Waals surface area (Å²) in [5.41, 5.74) is 1.70. The SMILES string of the molecule is Cc1ccnc(N2CCN(c3c(F)cccc3C#N)CC2)n1. The Morgan fingerprint density at radius 1 is 1.14 bits per heavy atom. The number of hydrogen-bond acceptors (Lipinski definition) is 5. The molecule has 0 aliphatic carbocycles. The number of nitriles is 1. The lowest BCUT2D eigenvalue weighted by molar-refractivity contribution is 0.593. The Balaban J connectivity index is 1.77. The van der Waals surface area contributed by atoms with Gasteiger partial charge in [-0.3, -0.25) is 0 Å². The molecule has 0 spiro atoms. The molecule has 1 aliphatic rings. The smallest absolute Gasteiger partial charge is 0.225 e. The fourth-order valence-electron chi connectivity index (χ4n) is 2.65. The molecule has 5 nitrogen and oxygen atoms in total. The van der Waals surface area contributed by atoms with Crippen LogP contribution in [0.4, 0.5) is 16.0 Å². The van der Waals surface area contributed by atoms with Gasteiger partial charge in [0.15, 0.2) is 0 Å². The van der Waals surface area contributed by atoms with Crippen LogP contribution in [0.2, 0.25) is 0 Å². The molecule has 22 heavy (non-hydrogen) atoms. The van der Waals surface area contributed by atoms with Crippen LogP contribution in [0.25, 0.3) is 0 Å². The Bertz CT molecular complexity index is 717. The van der Waals surface area contributed by atoms with Gasteiger partial charge in [-0.2, -0.15) is 5.26 Å². The van der Waals surface area contributed by atoms with E-state index in [-0.39, 0.29) is 5.82 Å². The quantitative estimate of drug-likeness (QED) is 0.850. The monoisotopic (exact) mass is 297 g/mol. The van der Waals surface area contributed by atoms with Crippen molar-refractivity contribution >= 4 is 11.6 Å². The summed E-state index contributed by atoms with van der Waals surface area (Å²) >= 11 is 0. The molecule has 2 heterocycles. The normalized spacial score (nSPS) is 14.8. The highest BCUT2D eigenvalue weighted by Gasteiger charge is 2.23. The number of hydrogen-bond donors (Lipinski definition) is 0. The van der Waals surface area contributed by atoms with E-state index in [1.165, 1.54) is 6.07 Å². The molecule has 1 fully saturated rings. The second-order valence-corrected chi connectivity index (χ2v) is 5.22. The van der Waals surface area contributed by atoms with Crippen molar-refractivity contribution in [1.82, 2.24) is 9.97 Å². The lowest BCUT2D eigenvalue weighted by Crippen LogP contribution is -2.47. The zero-order valence-electron chi connectivity index (χ0n) is 12.3. The molecule has 0 N–H and O–H groups in total. The van der Waals surface area contributed by atoms with E-state index in [1.807, 2.05) is 17.9 Å². The van der Waals surface area contributed by atoms with Gasteiger partial charge in [0.05, 0.1) is 11.3 Å². The van der Waals surface area contributed by atoms with Crippen molar-refractivity contribution in [2.45, 2.75) is 6.92 Å². The van der Waals surface area contributed by atoms with E-state index >= 15 is 0 Å². The average molecular weight is 297 g/mol. The Morgan fingerprint density at radius 3 is 2.55 bits per heavy atom. The van der Waals surface area contributed by atoms with Crippen LogP contribution in [-0.2, 0) is 0 Å². The number of piperazine rings is 1. The third kappa shape index (κ3) is 2.70. The fourth-order valence-corrected chi connectivity index (χ4v) is 2.65. The third-order valence-electron chi connectivity index (χ3n) is 3.77. The lowest BCUT2D eigenvalue weighted by atomic mass is 10.1. The second-order valence-electron chi connectivity index (χ2n) is 5.22. The number of rotatable bonds is 2. The van der Waals surface area contributed by atoms with Crippen LogP contribution in [0.5, 0.6) is 0 Å². The van der Waals surface area contributed by atoms with Gasteiger partial charge in [0.25, 0.3) is 0 Å². The number of aryl methyl sites for hydroxylation is 1. The first kappa shape index (κ1) is 14.3. The average Bonchev–Trinajstić information content (AvgIpc) is 2.55. The fraction of sp³-hybridized carbons (Fsp3) is 0.312. The summed E-state index contributed by atoms with van der Waals surface area (Å²) in [6.07, 6.45) is 1.74. The van der Waals surface area contributed by atoms with E-state index < -0.39 is 0 Å². The summed E-state index contributed by atoms with van der Waals surface area (Å²) in [6.45, 7) is 4.59. The van der Waals surface area contributed by atoms with Gasteiger partial charge in [0.2, 0.25) is 5.95 Å². The zero-order valence-corrected chi connectivity index (χ0v) is 12.3. The van der Waals surface area contributed by atoms with E-state index in [0.29, 0.717) is 43.4 Å². The van der Waals surface area contributed by atoms with E-state index in [2.05, 4.69) is 20.9 Å².